The summed E-state index contributed by atoms with van der Waals surface area (Å²) in [4.78, 5) is 2.40. The van der Waals surface area contributed by atoms with Gasteiger partial charge in [0.25, 0.3) is 0 Å². The number of halogens is 3. The van der Waals surface area contributed by atoms with E-state index in [0.717, 1.165) is 23.1 Å². The molecule has 0 saturated carbocycles. The lowest BCUT2D eigenvalue weighted by Gasteiger charge is -2.35. The summed E-state index contributed by atoms with van der Waals surface area (Å²) < 4.78 is 13.9. The van der Waals surface area contributed by atoms with Crippen LogP contribution in [-0.4, -0.2) is 24.0 Å². The van der Waals surface area contributed by atoms with Gasteiger partial charge in [0.1, 0.15) is 5.82 Å². The number of benzene rings is 1. The van der Waals surface area contributed by atoms with Gasteiger partial charge in [-0.05, 0) is 37.1 Å². The number of rotatable bonds is 3. The average Bonchev–Trinajstić information content (AvgIpc) is 2.33. The molecule has 0 amide bonds. The Balaban J connectivity index is 0.00000162. The molecule has 18 heavy (non-hydrogen) atoms. The molecule has 1 fully saturated rings. The van der Waals surface area contributed by atoms with Crippen molar-refractivity contribution in [2.24, 2.45) is 5.73 Å². The van der Waals surface area contributed by atoms with Crippen LogP contribution >= 0.6 is 28.3 Å². The Morgan fingerprint density at radius 2 is 2.17 bits per heavy atom. The van der Waals surface area contributed by atoms with E-state index in [0.29, 0.717) is 12.6 Å². The minimum absolute atomic E-state index is 0. The van der Waals surface area contributed by atoms with Crippen LogP contribution in [0.25, 0.3) is 0 Å². The molecule has 102 valence electrons. The van der Waals surface area contributed by atoms with Gasteiger partial charge in [-0.25, -0.2) is 4.39 Å². The molecule has 1 aliphatic heterocycles. The van der Waals surface area contributed by atoms with Crippen LogP contribution in [0.3, 0.4) is 0 Å². The zero-order chi connectivity index (χ0) is 12.3. The predicted octanol–water partition coefficient (Wildman–Crippen LogP) is 3.32. The first-order valence-electron chi connectivity index (χ1n) is 6.08. The first-order valence-corrected chi connectivity index (χ1v) is 6.88. The van der Waals surface area contributed by atoms with E-state index < -0.39 is 0 Å². The van der Waals surface area contributed by atoms with Gasteiger partial charge >= 0.3 is 0 Å². The van der Waals surface area contributed by atoms with Crippen molar-refractivity contribution in [3.8, 4) is 0 Å². The molecule has 0 aromatic heterocycles. The van der Waals surface area contributed by atoms with Gasteiger partial charge in [0.2, 0.25) is 0 Å². The summed E-state index contributed by atoms with van der Waals surface area (Å²) in [5.41, 5.74) is 6.93. The van der Waals surface area contributed by atoms with Crippen LogP contribution in [0.15, 0.2) is 22.7 Å². The van der Waals surface area contributed by atoms with Crippen LogP contribution in [0, 0.1) is 5.82 Å². The molecule has 0 radical (unpaired) electrons. The number of likely N-dealkylation sites (tertiary alicyclic amines) is 1. The second kappa shape index (κ2) is 7.43. The molecule has 2 nitrogen and oxygen atoms in total. The third kappa shape index (κ3) is 3.92. The summed E-state index contributed by atoms with van der Waals surface area (Å²) in [6, 6.07) is 5.36. The molecule has 1 aliphatic rings. The van der Waals surface area contributed by atoms with Gasteiger partial charge in [-0.1, -0.05) is 28.4 Å². The summed E-state index contributed by atoms with van der Waals surface area (Å²) >= 11 is 3.42. The molecular weight excluding hydrogens is 319 g/mol. The van der Waals surface area contributed by atoms with Crippen molar-refractivity contribution in [2.45, 2.75) is 31.8 Å². The van der Waals surface area contributed by atoms with Gasteiger partial charge in [-0.3, -0.25) is 4.90 Å². The van der Waals surface area contributed by atoms with Crippen molar-refractivity contribution in [1.29, 1.82) is 0 Å². The van der Waals surface area contributed by atoms with E-state index in [-0.39, 0.29) is 18.2 Å². The third-order valence-electron chi connectivity index (χ3n) is 3.41. The highest BCUT2D eigenvalue weighted by molar-refractivity contribution is 9.10. The molecule has 0 aliphatic carbocycles. The third-order valence-corrected chi connectivity index (χ3v) is 4.15. The van der Waals surface area contributed by atoms with E-state index in [2.05, 4.69) is 20.8 Å². The highest BCUT2D eigenvalue weighted by atomic mass is 79.9. The van der Waals surface area contributed by atoms with Gasteiger partial charge in [-0.2, -0.15) is 0 Å². The van der Waals surface area contributed by atoms with Gasteiger partial charge in [0, 0.05) is 23.6 Å². The Labute approximate surface area is 122 Å². The van der Waals surface area contributed by atoms with Crippen LogP contribution < -0.4 is 5.73 Å². The lowest BCUT2D eigenvalue weighted by atomic mass is 10.0. The van der Waals surface area contributed by atoms with Crippen molar-refractivity contribution >= 4 is 28.3 Å². The molecule has 0 spiro atoms. The number of hydrogen-bond acceptors (Lipinski definition) is 2. The van der Waals surface area contributed by atoms with Crippen LogP contribution in [0.5, 0.6) is 0 Å². The Bertz CT molecular complexity index is 389. The molecule has 1 saturated heterocycles. The summed E-state index contributed by atoms with van der Waals surface area (Å²) in [6.07, 6.45) is 3.67. The van der Waals surface area contributed by atoms with Gasteiger partial charge in [0.15, 0.2) is 0 Å². The van der Waals surface area contributed by atoms with Crippen molar-refractivity contribution in [3.05, 3.63) is 34.1 Å². The zero-order valence-electron chi connectivity index (χ0n) is 10.2. The first-order chi connectivity index (χ1) is 8.20. The van der Waals surface area contributed by atoms with Crippen LogP contribution in [0.2, 0.25) is 0 Å². The average molecular weight is 338 g/mol. The highest BCUT2D eigenvalue weighted by Crippen LogP contribution is 2.23. The van der Waals surface area contributed by atoms with Crippen LogP contribution in [0.1, 0.15) is 24.8 Å². The monoisotopic (exact) mass is 336 g/mol. The van der Waals surface area contributed by atoms with Crippen molar-refractivity contribution in [2.75, 3.05) is 13.1 Å². The fourth-order valence-corrected chi connectivity index (χ4v) is 2.88. The Kier molecular flexibility index (Phi) is 6.57. The Morgan fingerprint density at radius 1 is 1.39 bits per heavy atom. The summed E-state index contributed by atoms with van der Waals surface area (Å²) in [7, 11) is 0. The summed E-state index contributed by atoms with van der Waals surface area (Å²) in [6.45, 7) is 2.65. The van der Waals surface area contributed by atoms with Crippen molar-refractivity contribution in [3.63, 3.8) is 0 Å². The SMILES string of the molecule is Cl.NCC1CCCCN1Cc1ccc(F)cc1Br. The number of nitrogens with two attached hydrogens (primary N) is 1. The second-order valence-corrected chi connectivity index (χ2v) is 5.45. The minimum Gasteiger partial charge on any atom is -0.329 e. The highest BCUT2D eigenvalue weighted by Gasteiger charge is 2.21. The zero-order valence-corrected chi connectivity index (χ0v) is 12.6. The molecular formula is C13H19BrClFN2. The Morgan fingerprint density at radius 3 is 2.83 bits per heavy atom. The minimum atomic E-state index is -0.199. The number of hydrogen-bond donors (Lipinski definition) is 1. The van der Waals surface area contributed by atoms with E-state index in [1.54, 1.807) is 0 Å². The van der Waals surface area contributed by atoms with E-state index in [9.17, 15) is 4.39 Å². The van der Waals surface area contributed by atoms with Gasteiger partial charge in [-0.15, -0.1) is 12.4 Å². The fourth-order valence-electron chi connectivity index (χ4n) is 2.40. The van der Waals surface area contributed by atoms with E-state index >= 15 is 0 Å². The lowest BCUT2D eigenvalue weighted by molar-refractivity contribution is 0.144. The quantitative estimate of drug-likeness (QED) is 0.917. The molecule has 1 heterocycles. The largest absolute Gasteiger partial charge is 0.329 e. The van der Waals surface area contributed by atoms with E-state index in [4.69, 9.17) is 5.73 Å². The topological polar surface area (TPSA) is 29.3 Å². The normalized spacial score (nSPS) is 20.5. The molecule has 1 aromatic rings. The maximum Gasteiger partial charge on any atom is 0.124 e. The molecule has 0 bridgehead atoms. The standard InChI is InChI=1S/C13H18BrFN2.ClH/c14-13-7-11(15)5-4-10(13)9-17-6-2-1-3-12(17)8-16;/h4-5,7,12H,1-3,6,8-9,16H2;1H. The predicted molar refractivity (Wildman–Crippen MR) is 78.5 cm³/mol. The second-order valence-electron chi connectivity index (χ2n) is 4.59. The molecule has 1 aromatic carbocycles. The maximum atomic E-state index is 13.0. The lowest BCUT2D eigenvalue weighted by Crippen LogP contribution is -2.43. The molecule has 2 N–H and O–H groups in total. The first kappa shape index (κ1) is 15.9. The van der Waals surface area contributed by atoms with Crippen LogP contribution in [0.4, 0.5) is 4.39 Å². The molecule has 2 rings (SSSR count). The molecule has 1 atom stereocenters. The van der Waals surface area contributed by atoms with Crippen LogP contribution in [-0.2, 0) is 6.54 Å². The molecule has 1 unspecified atom stereocenters. The maximum absolute atomic E-state index is 13.0. The van der Waals surface area contributed by atoms with E-state index in [1.165, 1.54) is 31.4 Å². The fraction of sp³-hybridized carbons (Fsp3) is 0.538. The molecule has 5 heteroatoms. The van der Waals surface area contributed by atoms with Crippen molar-refractivity contribution < 1.29 is 4.39 Å². The van der Waals surface area contributed by atoms with Gasteiger partial charge < -0.3 is 5.73 Å². The summed E-state index contributed by atoms with van der Waals surface area (Å²) in [5.74, 6) is -0.199. The summed E-state index contributed by atoms with van der Waals surface area (Å²) in [5, 5.41) is 0. The number of nitrogens with zero attached hydrogens (tertiary/aromatic N) is 1. The number of piperidine rings is 1. The van der Waals surface area contributed by atoms with Gasteiger partial charge in [0.05, 0.1) is 0 Å². The van der Waals surface area contributed by atoms with E-state index in [1.807, 2.05) is 6.07 Å². The Hall–Kier alpha value is -0.160. The smallest absolute Gasteiger partial charge is 0.124 e. The van der Waals surface area contributed by atoms with Crippen molar-refractivity contribution in [1.82, 2.24) is 4.90 Å².